The Morgan fingerprint density at radius 3 is 2.36 bits per heavy atom. The lowest BCUT2D eigenvalue weighted by molar-refractivity contribution is 0.0690. The van der Waals surface area contributed by atoms with Gasteiger partial charge in [0.1, 0.15) is 5.75 Å². The first-order valence-electron chi connectivity index (χ1n) is 8.19. The number of hydrogen-bond acceptors (Lipinski definition) is 4. The lowest BCUT2D eigenvalue weighted by Gasteiger charge is -2.27. The maximum Gasteiger partial charge on any atom is 0.308 e. The first-order chi connectivity index (χ1) is 11.8. The summed E-state index contributed by atoms with van der Waals surface area (Å²) in [5.74, 6) is 0.0975. The molecule has 2 rings (SSSR count). The Labute approximate surface area is 149 Å². The van der Waals surface area contributed by atoms with Crippen molar-refractivity contribution in [2.24, 2.45) is 0 Å². The van der Waals surface area contributed by atoms with Gasteiger partial charge in [0.15, 0.2) is 0 Å². The van der Waals surface area contributed by atoms with Crippen LogP contribution in [-0.4, -0.2) is 31.0 Å². The SMILES string of the molecule is CCS(=O)(=O)Oc1cccc(CN(C(=O)c2ccccc2)C(C)C)c1. The molecule has 0 heterocycles. The maximum absolute atomic E-state index is 12.7. The molecule has 2 aromatic rings. The number of carbonyl (C=O) groups excluding carboxylic acids is 1. The van der Waals surface area contributed by atoms with Crippen molar-refractivity contribution in [3.8, 4) is 5.75 Å². The smallest absolute Gasteiger partial charge is 0.308 e. The zero-order valence-corrected chi connectivity index (χ0v) is 15.5. The van der Waals surface area contributed by atoms with E-state index in [0.29, 0.717) is 12.1 Å². The molecule has 6 heteroatoms. The molecule has 0 bridgehead atoms. The average molecular weight is 361 g/mol. The molecular weight excluding hydrogens is 338 g/mol. The molecule has 134 valence electrons. The third-order valence-electron chi connectivity index (χ3n) is 3.73. The lowest BCUT2D eigenvalue weighted by atomic mass is 10.1. The molecule has 2 aromatic carbocycles. The highest BCUT2D eigenvalue weighted by Crippen LogP contribution is 2.19. The second-order valence-electron chi connectivity index (χ2n) is 5.97. The van der Waals surface area contributed by atoms with Gasteiger partial charge in [0.25, 0.3) is 5.91 Å². The Morgan fingerprint density at radius 2 is 1.76 bits per heavy atom. The van der Waals surface area contributed by atoms with Crippen molar-refractivity contribution in [1.29, 1.82) is 0 Å². The van der Waals surface area contributed by atoms with Crippen LogP contribution in [0.5, 0.6) is 5.75 Å². The van der Waals surface area contributed by atoms with Crippen molar-refractivity contribution < 1.29 is 17.4 Å². The van der Waals surface area contributed by atoms with E-state index in [1.807, 2.05) is 38.1 Å². The van der Waals surface area contributed by atoms with Gasteiger partial charge in [0.2, 0.25) is 0 Å². The molecule has 0 aromatic heterocycles. The standard InChI is InChI=1S/C19H23NO4S/c1-4-25(22,23)24-18-12-8-9-16(13-18)14-20(15(2)3)19(21)17-10-6-5-7-11-17/h5-13,15H,4,14H2,1-3H3. The number of amides is 1. The van der Waals surface area contributed by atoms with E-state index in [1.54, 1.807) is 35.2 Å². The Balaban J connectivity index is 2.21. The molecule has 0 N–H and O–H groups in total. The predicted octanol–water partition coefficient (Wildman–Crippen LogP) is 3.47. The second kappa shape index (κ2) is 8.16. The lowest BCUT2D eigenvalue weighted by Crippen LogP contribution is -2.36. The molecule has 5 nitrogen and oxygen atoms in total. The summed E-state index contributed by atoms with van der Waals surface area (Å²) in [4.78, 5) is 14.5. The van der Waals surface area contributed by atoms with Crippen LogP contribution in [0.2, 0.25) is 0 Å². The molecule has 1 amide bonds. The number of benzene rings is 2. The largest absolute Gasteiger partial charge is 0.382 e. The van der Waals surface area contributed by atoms with Crippen LogP contribution in [0, 0.1) is 0 Å². The highest BCUT2D eigenvalue weighted by atomic mass is 32.2. The van der Waals surface area contributed by atoms with Crippen molar-refractivity contribution in [3.63, 3.8) is 0 Å². The Kier molecular flexibility index (Phi) is 6.20. The fraction of sp³-hybridized carbons (Fsp3) is 0.316. The van der Waals surface area contributed by atoms with Crippen molar-refractivity contribution in [1.82, 2.24) is 4.90 Å². The minimum absolute atomic E-state index is 0.00310. The molecule has 0 aliphatic carbocycles. The fourth-order valence-electron chi connectivity index (χ4n) is 2.33. The van der Waals surface area contributed by atoms with Gasteiger partial charge in [0.05, 0.1) is 5.75 Å². The summed E-state index contributed by atoms with van der Waals surface area (Å²) >= 11 is 0. The molecule has 0 radical (unpaired) electrons. The van der Waals surface area contributed by atoms with Gasteiger partial charge in [-0.05, 0) is 50.6 Å². The minimum atomic E-state index is -3.57. The maximum atomic E-state index is 12.7. The van der Waals surface area contributed by atoms with Gasteiger partial charge in [0, 0.05) is 18.2 Å². The third kappa shape index (κ3) is 5.32. The Morgan fingerprint density at radius 1 is 1.08 bits per heavy atom. The number of carbonyl (C=O) groups is 1. The summed E-state index contributed by atoms with van der Waals surface area (Å²) in [6.07, 6.45) is 0. The summed E-state index contributed by atoms with van der Waals surface area (Å²) in [6, 6.07) is 15.9. The van der Waals surface area contributed by atoms with E-state index in [-0.39, 0.29) is 23.5 Å². The van der Waals surface area contributed by atoms with Crippen molar-refractivity contribution >= 4 is 16.0 Å². The number of hydrogen-bond donors (Lipinski definition) is 0. The van der Waals surface area contributed by atoms with Crippen molar-refractivity contribution in [3.05, 3.63) is 65.7 Å². The quantitative estimate of drug-likeness (QED) is 0.709. The van der Waals surface area contributed by atoms with Crippen LogP contribution in [0.4, 0.5) is 0 Å². The van der Waals surface area contributed by atoms with E-state index in [9.17, 15) is 13.2 Å². The van der Waals surface area contributed by atoms with E-state index in [2.05, 4.69) is 0 Å². The molecule has 0 saturated carbocycles. The predicted molar refractivity (Wildman–Crippen MR) is 98.0 cm³/mol. The van der Waals surface area contributed by atoms with Gasteiger partial charge >= 0.3 is 10.1 Å². The summed E-state index contributed by atoms with van der Waals surface area (Å²) in [5.41, 5.74) is 1.43. The van der Waals surface area contributed by atoms with Crippen LogP contribution in [0.15, 0.2) is 54.6 Å². The first-order valence-corrected chi connectivity index (χ1v) is 9.77. The van der Waals surface area contributed by atoms with Crippen LogP contribution >= 0.6 is 0 Å². The van der Waals surface area contributed by atoms with Gasteiger partial charge in [-0.15, -0.1) is 0 Å². The van der Waals surface area contributed by atoms with E-state index in [1.165, 1.54) is 6.92 Å². The van der Waals surface area contributed by atoms with E-state index < -0.39 is 10.1 Å². The Hall–Kier alpha value is -2.34. The monoisotopic (exact) mass is 361 g/mol. The molecule has 0 unspecified atom stereocenters. The molecule has 0 saturated heterocycles. The van der Waals surface area contributed by atoms with Crippen molar-refractivity contribution in [2.75, 3.05) is 5.75 Å². The molecule has 0 atom stereocenters. The van der Waals surface area contributed by atoms with Gasteiger partial charge in [-0.1, -0.05) is 30.3 Å². The third-order valence-corrected chi connectivity index (χ3v) is 4.89. The summed E-state index contributed by atoms with van der Waals surface area (Å²) in [6.45, 7) is 5.79. The zero-order chi connectivity index (χ0) is 18.4. The topological polar surface area (TPSA) is 63.7 Å². The van der Waals surface area contributed by atoms with Crippen molar-refractivity contribution in [2.45, 2.75) is 33.4 Å². The van der Waals surface area contributed by atoms with Crippen LogP contribution in [0.3, 0.4) is 0 Å². The summed E-state index contributed by atoms with van der Waals surface area (Å²) in [7, 11) is -3.57. The van der Waals surface area contributed by atoms with Crippen LogP contribution in [0.1, 0.15) is 36.7 Å². The molecule has 0 aliphatic heterocycles. The summed E-state index contributed by atoms with van der Waals surface area (Å²) < 4.78 is 28.3. The summed E-state index contributed by atoms with van der Waals surface area (Å²) in [5, 5.41) is 0. The average Bonchev–Trinajstić information content (AvgIpc) is 2.59. The van der Waals surface area contributed by atoms with Gasteiger partial charge < -0.3 is 9.08 Å². The second-order valence-corrected chi connectivity index (χ2v) is 7.83. The van der Waals surface area contributed by atoms with Gasteiger partial charge in [-0.25, -0.2) is 0 Å². The number of rotatable bonds is 7. The first kappa shape index (κ1) is 19.0. The highest BCUT2D eigenvalue weighted by Gasteiger charge is 2.19. The highest BCUT2D eigenvalue weighted by molar-refractivity contribution is 7.87. The van der Waals surface area contributed by atoms with E-state index >= 15 is 0 Å². The normalized spacial score (nSPS) is 11.4. The number of nitrogens with zero attached hydrogens (tertiary/aromatic N) is 1. The van der Waals surface area contributed by atoms with Crippen LogP contribution in [0.25, 0.3) is 0 Å². The minimum Gasteiger partial charge on any atom is -0.382 e. The molecule has 0 spiro atoms. The zero-order valence-electron chi connectivity index (χ0n) is 14.7. The van der Waals surface area contributed by atoms with Crippen LogP contribution < -0.4 is 4.18 Å². The molecular formula is C19H23NO4S. The van der Waals surface area contributed by atoms with E-state index in [0.717, 1.165) is 5.56 Å². The molecule has 0 fully saturated rings. The Bertz CT molecular complexity index is 816. The van der Waals surface area contributed by atoms with Crippen LogP contribution in [-0.2, 0) is 16.7 Å². The molecule has 0 aliphatic rings. The fourth-order valence-corrected chi connectivity index (χ4v) is 2.85. The van der Waals surface area contributed by atoms with E-state index in [4.69, 9.17) is 4.18 Å². The van der Waals surface area contributed by atoms with Gasteiger partial charge in [-0.2, -0.15) is 8.42 Å². The molecule has 25 heavy (non-hydrogen) atoms. The van der Waals surface area contributed by atoms with Gasteiger partial charge in [-0.3, -0.25) is 4.79 Å².